The fourth-order valence-electron chi connectivity index (χ4n) is 9.90. The summed E-state index contributed by atoms with van der Waals surface area (Å²) in [6.07, 6.45) is 5.65. The van der Waals surface area contributed by atoms with Crippen LogP contribution in [0.3, 0.4) is 0 Å². The van der Waals surface area contributed by atoms with E-state index in [1.54, 1.807) is 12.2 Å². The van der Waals surface area contributed by atoms with Gasteiger partial charge >= 0.3 is 23.9 Å². The molecule has 3 aliphatic rings. The smallest absolute Gasteiger partial charge is 0.336 e. The highest BCUT2D eigenvalue weighted by Gasteiger charge is 2.57. The van der Waals surface area contributed by atoms with Crippen LogP contribution < -0.4 is 0 Å². The van der Waals surface area contributed by atoms with Gasteiger partial charge in [-0.05, 0) is 124 Å². The first-order chi connectivity index (χ1) is 29.4. The van der Waals surface area contributed by atoms with Crippen LogP contribution >= 0.6 is 0 Å². The second-order valence-electron chi connectivity index (χ2n) is 16.9. The Bertz CT molecular complexity index is 2610. The first-order valence-corrected chi connectivity index (χ1v) is 21.2. The number of esters is 2. The van der Waals surface area contributed by atoms with Crippen molar-refractivity contribution in [2.45, 2.75) is 98.5 Å². The number of nitrogens with one attached hydrogen (secondary N) is 2. The van der Waals surface area contributed by atoms with Crippen LogP contribution in [0.2, 0.25) is 0 Å². The van der Waals surface area contributed by atoms with E-state index in [1.165, 1.54) is 21.1 Å². The summed E-state index contributed by atoms with van der Waals surface area (Å²) < 4.78 is 10.1. The largest absolute Gasteiger partial charge is 0.481 e. The fourth-order valence-corrected chi connectivity index (χ4v) is 9.90. The van der Waals surface area contributed by atoms with Gasteiger partial charge < -0.3 is 34.8 Å². The van der Waals surface area contributed by atoms with E-state index >= 15 is 0 Å². The Morgan fingerprint density at radius 2 is 1.42 bits per heavy atom. The van der Waals surface area contributed by atoms with E-state index in [0.717, 1.165) is 66.6 Å². The molecule has 0 amide bonds. The van der Waals surface area contributed by atoms with E-state index in [9.17, 15) is 34.5 Å². The molecule has 13 nitrogen and oxygen atoms in total. The molecule has 1 aliphatic carbocycles. The van der Waals surface area contributed by atoms with Crippen LogP contribution in [0.5, 0.6) is 0 Å². The lowest BCUT2D eigenvalue weighted by atomic mass is 9.59. The SMILES string of the molecule is C=CC1=C(C)c2cc3[nH]c(cc4[nH]c(cc5nc(c(CC[C@H]6[C@H](C)CC[C@@H]([C@@H](C)C(=O)O)[C@@]6(O)C(=O)O)c1n2)C(C)=C5CCC(=O)OC)c(CCC(=O)OC)c4C)c(C)c3C=C. The number of hydrogen-bond acceptors (Lipinski definition) is 9. The monoisotopic (exact) mass is 846 g/mol. The molecule has 3 aromatic rings. The number of carbonyl (C=O) groups excluding carboxylic acids is 2. The number of fused-ring (bicyclic) bond motifs is 8. The van der Waals surface area contributed by atoms with Crippen LogP contribution in [0.4, 0.5) is 0 Å². The first-order valence-electron chi connectivity index (χ1n) is 21.2. The standard InChI is InChI=1S/C49H58N4O9/c1-11-30-25(4)37-21-38-27(6)32(15-19-43(54)61-9)41(51-38)23-42-33(16-20-44(55)62-10)28(7)45(53-42)34(46-31(12-2)26(5)39(52-46)22-40(30)50-37)14-18-35-24(3)13-17-36(29(8)47(56)57)49(35,60)48(58)59/h11-12,21-24,29,35-36,50-51,60H,1-2,13-20H2,3-10H3,(H,56,57)(H,58,59)/t24-,29-,35+,36+,49-/m1/s1. The minimum absolute atomic E-state index is 0.0790. The molecule has 2 aliphatic heterocycles. The topological polar surface area (TPSA) is 205 Å². The van der Waals surface area contributed by atoms with Crippen LogP contribution in [-0.2, 0) is 41.5 Å². The molecule has 8 bridgehead atoms. The highest BCUT2D eigenvalue weighted by molar-refractivity contribution is 6.00. The molecule has 0 saturated heterocycles. The summed E-state index contributed by atoms with van der Waals surface area (Å²) in [5, 5.41) is 32.9. The molecule has 62 heavy (non-hydrogen) atoms. The van der Waals surface area contributed by atoms with Gasteiger partial charge in [0.25, 0.3) is 0 Å². The molecule has 328 valence electrons. The van der Waals surface area contributed by atoms with Gasteiger partial charge in [-0.1, -0.05) is 39.2 Å². The van der Waals surface area contributed by atoms with Gasteiger partial charge in [-0.15, -0.1) is 0 Å². The number of aliphatic carboxylic acids is 2. The zero-order valence-electron chi connectivity index (χ0n) is 37.0. The van der Waals surface area contributed by atoms with Crippen molar-refractivity contribution in [2.24, 2.45) is 23.7 Å². The quantitative estimate of drug-likeness (QED) is 0.0970. The Hall–Kier alpha value is -6.08. The third-order valence-electron chi connectivity index (χ3n) is 13.7. The number of allylic oxidation sites excluding steroid dienone is 5. The number of rotatable bonds is 14. The van der Waals surface area contributed by atoms with Crippen molar-refractivity contribution in [2.75, 3.05) is 14.2 Å². The van der Waals surface area contributed by atoms with Crippen molar-refractivity contribution in [3.8, 4) is 0 Å². The van der Waals surface area contributed by atoms with Crippen LogP contribution in [0.1, 0.15) is 117 Å². The van der Waals surface area contributed by atoms with Gasteiger partial charge in [0.15, 0.2) is 5.60 Å². The van der Waals surface area contributed by atoms with Crippen LogP contribution in [0.25, 0.3) is 50.4 Å². The van der Waals surface area contributed by atoms with E-state index in [-0.39, 0.29) is 44.0 Å². The minimum atomic E-state index is -2.31. The maximum atomic E-state index is 13.1. The van der Waals surface area contributed by atoms with E-state index < -0.39 is 41.3 Å². The molecule has 5 N–H and O–H groups in total. The van der Waals surface area contributed by atoms with Crippen molar-refractivity contribution in [3.05, 3.63) is 88.0 Å². The highest BCUT2D eigenvalue weighted by atomic mass is 16.5. The Balaban J connectivity index is 1.73. The number of carboxylic acids is 2. The van der Waals surface area contributed by atoms with Gasteiger partial charge in [0.1, 0.15) is 0 Å². The van der Waals surface area contributed by atoms with Crippen molar-refractivity contribution >= 4 is 74.3 Å². The zero-order chi connectivity index (χ0) is 45.4. The maximum absolute atomic E-state index is 13.1. The molecule has 5 heterocycles. The summed E-state index contributed by atoms with van der Waals surface area (Å²) in [5.41, 5.74) is 10.9. The molecule has 6 rings (SSSR count). The average molecular weight is 847 g/mol. The molecule has 3 aromatic heterocycles. The van der Waals surface area contributed by atoms with Crippen molar-refractivity contribution in [3.63, 3.8) is 0 Å². The molecule has 0 unspecified atom stereocenters. The first kappa shape index (κ1) is 45.4. The van der Waals surface area contributed by atoms with Gasteiger partial charge in [0, 0.05) is 63.4 Å². The number of carboxylic acid groups (broad SMARTS) is 2. The predicted molar refractivity (Wildman–Crippen MR) is 240 cm³/mol. The van der Waals surface area contributed by atoms with Gasteiger partial charge in [0.2, 0.25) is 0 Å². The Morgan fingerprint density at radius 1 is 0.806 bits per heavy atom. The van der Waals surface area contributed by atoms with E-state index in [4.69, 9.17) is 19.4 Å². The van der Waals surface area contributed by atoms with E-state index in [0.29, 0.717) is 47.6 Å². The minimum Gasteiger partial charge on any atom is -0.481 e. The van der Waals surface area contributed by atoms with Gasteiger partial charge in [0.05, 0.1) is 42.9 Å². The predicted octanol–water partition coefficient (Wildman–Crippen LogP) is 8.81. The molecular weight excluding hydrogens is 789 g/mol. The lowest BCUT2D eigenvalue weighted by molar-refractivity contribution is -0.191. The molecule has 0 radical (unpaired) electrons. The zero-order valence-corrected chi connectivity index (χ0v) is 37.0. The van der Waals surface area contributed by atoms with E-state index in [1.807, 2.05) is 52.8 Å². The second-order valence-corrected chi connectivity index (χ2v) is 16.9. The lowest BCUT2D eigenvalue weighted by Crippen LogP contribution is -2.59. The number of H-pyrrole nitrogens is 2. The Kier molecular flexibility index (Phi) is 13.3. The number of aryl methyl sites for hydroxylation is 3. The molecule has 0 spiro atoms. The third-order valence-corrected chi connectivity index (χ3v) is 13.7. The van der Waals surface area contributed by atoms with Crippen LogP contribution in [0.15, 0.2) is 37.4 Å². The molecule has 1 fully saturated rings. The average Bonchev–Trinajstić information content (AvgIpc) is 3.92. The van der Waals surface area contributed by atoms with Crippen molar-refractivity contribution in [1.29, 1.82) is 0 Å². The summed E-state index contributed by atoms with van der Waals surface area (Å²) in [6.45, 7) is 19.6. The fraction of sp³-hybridized carbons (Fsp3) is 0.429. The molecule has 5 atom stereocenters. The summed E-state index contributed by atoms with van der Waals surface area (Å²) in [5.74, 6) is -6.51. The summed E-state index contributed by atoms with van der Waals surface area (Å²) in [4.78, 5) is 68.3. The summed E-state index contributed by atoms with van der Waals surface area (Å²) in [6, 6.07) is 5.95. The number of ether oxygens (including phenoxy) is 2. The molecular formula is C49H58N4O9. The van der Waals surface area contributed by atoms with Crippen molar-refractivity contribution < 1.29 is 44.0 Å². The second kappa shape index (κ2) is 18.1. The maximum Gasteiger partial charge on any atom is 0.336 e. The number of aliphatic hydroxyl groups is 1. The normalized spacial score (nSPS) is 20.5. The van der Waals surface area contributed by atoms with Gasteiger partial charge in [-0.2, -0.15) is 0 Å². The number of aromatic nitrogens is 4. The van der Waals surface area contributed by atoms with E-state index in [2.05, 4.69) is 23.1 Å². The number of hydrogen-bond donors (Lipinski definition) is 5. The Morgan fingerprint density at radius 3 is 2.03 bits per heavy atom. The third kappa shape index (κ3) is 8.17. The lowest BCUT2D eigenvalue weighted by Gasteiger charge is -2.47. The number of nitrogens with zero attached hydrogens (tertiary/aromatic N) is 2. The number of carbonyl (C=O) groups is 4. The number of aromatic amines is 2. The van der Waals surface area contributed by atoms with Gasteiger partial charge in [-0.3, -0.25) is 14.4 Å². The number of methoxy groups -OCH3 is 2. The van der Waals surface area contributed by atoms with Gasteiger partial charge in [-0.25, -0.2) is 14.8 Å². The van der Waals surface area contributed by atoms with Crippen LogP contribution in [0, 0.1) is 37.5 Å². The Labute approximate surface area is 361 Å². The molecule has 1 saturated carbocycles. The van der Waals surface area contributed by atoms with Crippen LogP contribution in [-0.4, -0.2) is 79.0 Å². The summed E-state index contributed by atoms with van der Waals surface area (Å²) >= 11 is 0. The molecule has 13 heteroatoms. The highest BCUT2D eigenvalue weighted by Crippen LogP contribution is 2.48. The van der Waals surface area contributed by atoms with Crippen molar-refractivity contribution in [1.82, 2.24) is 19.9 Å². The molecule has 0 aromatic carbocycles. The summed E-state index contributed by atoms with van der Waals surface area (Å²) in [7, 11) is 2.71.